The molecule has 1 amide bonds. The van der Waals surface area contributed by atoms with Gasteiger partial charge in [-0.3, -0.25) is 9.78 Å². The van der Waals surface area contributed by atoms with Crippen molar-refractivity contribution in [1.29, 1.82) is 0 Å². The number of amides is 1. The molecule has 2 N–H and O–H groups in total. The average Bonchev–Trinajstić information content (AvgIpc) is 2.58. The zero-order valence-corrected chi connectivity index (χ0v) is 9.47. The summed E-state index contributed by atoms with van der Waals surface area (Å²) in [5.74, 6) is 0.508. The van der Waals surface area contributed by atoms with Crippen LogP contribution in [0.2, 0.25) is 0 Å². The Kier molecular flexibility index (Phi) is 3.19. The Morgan fingerprint density at radius 2 is 2.19 bits per heavy atom. The number of likely N-dealkylation sites (tertiary alicyclic amines) is 1. The SMILES string of the molecule is CC1C(CN)CC(=O)N1Cc1ccncc1. The molecule has 0 bridgehead atoms. The summed E-state index contributed by atoms with van der Waals surface area (Å²) in [5.41, 5.74) is 6.77. The second-order valence-corrected chi connectivity index (χ2v) is 4.32. The van der Waals surface area contributed by atoms with Crippen LogP contribution in [0.1, 0.15) is 18.9 Å². The fourth-order valence-corrected chi connectivity index (χ4v) is 2.19. The van der Waals surface area contributed by atoms with E-state index in [2.05, 4.69) is 11.9 Å². The van der Waals surface area contributed by atoms with E-state index in [-0.39, 0.29) is 11.9 Å². The number of hydrogen-bond acceptors (Lipinski definition) is 3. The molecule has 0 radical (unpaired) electrons. The van der Waals surface area contributed by atoms with Crippen LogP contribution in [0.15, 0.2) is 24.5 Å². The molecule has 1 aromatic heterocycles. The molecule has 0 saturated carbocycles. The quantitative estimate of drug-likeness (QED) is 0.817. The van der Waals surface area contributed by atoms with Crippen molar-refractivity contribution in [3.8, 4) is 0 Å². The van der Waals surface area contributed by atoms with E-state index in [0.29, 0.717) is 25.4 Å². The lowest BCUT2D eigenvalue weighted by molar-refractivity contribution is -0.129. The van der Waals surface area contributed by atoms with Crippen LogP contribution in [0.25, 0.3) is 0 Å². The lowest BCUT2D eigenvalue weighted by atomic mass is 10.0. The van der Waals surface area contributed by atoms with Crippen LogP contribution in [0, 0.1) is 5.92 Å². The second kappa shape index (κ2) is 4.61. The van der Waals surface area contributed by atoms with Crippen LogP contribution in [0.3, 0.4) is 0 Å². The molecule has 0 aliphatic carbocycles. The highest BCUT2D eigenvalue weighted by Crippen LogP contribution is 2.25. The normalized spacial score (nSPS) is 25.1. The van der Waals surface area contributed by atoms with Crippen molar-refractivity contribution in [2.45, 2.75) is 25.9 Å². The lowest BCUT2D eigenvalue weighted by Gasteiger charge is -2.24. The lowest BCUT2D eigenvalue weighted by Crippen LogP contribution is -2.34. The molecule has 2 unspecified atom stereocenters. The first-order chi connectivity index (χ1) is 7.72. The van der Waals surface area contributed by atoms with E-state index in [1.807, 2.05) is 17.0 Å². The second-order valence-electron chi connectivity index (χ2n) is 4.32. The van der Waals surface area contributed by atoms with Crippen LogP contribution >= 0.6 is 0 Å². The van der Waals surface area contributed by atoms with Gasteiger partial charge in [-0.2, -0.15) is 0 Å². The van der Waals surface area contributed by atoms with Crippen molar-refractivity contribution in [1.82, 2.24) is 9.88 Å². The number of rotatable bonds is 3. The van der Waals surface area contributed by atoms with Gasteiger partial charge < -0.3 is 10.6 Å². The Morgan fingerprint density at radius 1 is 1.50 bits per heavy atom. The summed E-state index contributed by atoms with van der Waals surface area (Å²) in [6.45, 7) is 3.32. The first kappa shape index (κ1) is 11.1. The molecule has 2 atom stereocenters. The van der Waals surface area contributed by atoms with Gasteiger partial charge in [0.2, 0.25) is 5.91 Å². The molecule has 2 rings (SSSR count). The largest absolute Gasteiger partial charge is 0.335 e. The van der Waals surface area contributed by atoms with Crippen LogP contribution in [-0.4, -0.2) is 28.4 Å². The van der Waals surface area contributed by atoms with Crippen molar-refractivity contribution in [3.63, 3.8) is 0 Å². The molecule has 0 aromatic carbocycles. The molecular weight excluding hydrogens is 202 g/mol. The van der Waals surface area contributed by atoms with E-state index in [1.165, 1.54) is 0 Å². The van der Waals surface area contributed by atoms with E-state index in [4.69, 9.17) is 5.73 Å². The van der Waals surface area contributed by atoms with E-state index in [1.54, 1.807) is 12.4 Å². The number of aromatic nitrogens is 1. The summed E-state index contributed by atoms with van der Waals surface area (Å²) in [6.07, 6.45) is 4.09. The van der Waals surface area contributed by atoms with Gasteiger partial charge in [-0.05, 0) is 31.2 Å². The summed E-state index contributed by atoms with van der Waals surface area (Å²) in [6, 6.07) is 4.12. The monoisotopic (exact) mass is 219 g/mol. The van der Waals surface area contributed by atoms with E-state index < -0.39 is 0 Å². The topological polar surface area (TPSA) is 59.2 Å². The highest BCUT2D eigenvalue weighted by Gasteiger charge is 2.35. The average molecular weight is 219 g/mol. The molecule has 0 spiro atoms. The maximum Gasteiger partial charge on any atom is 0.223 e. The van der Waals surface area contributed by atoms with E-state index in [9.17, 15) is 4.79 Å². The van der Waals surface area contributed by atoms with E-state index in [0.717, 1.165) is 5.56 Å². The van der Waals surface area contributed by atoms with Crippen molar-refractivity contribution in [3.05, 3.63) is 30.1 Å². The first-order valence-corrected chi connectivity index (χ1v) is 5.61. The van der Waals surface area contributed by atoms with Gasteiger partial charge in [0.25, 0.3) is 0 Å². The molecule has 86 valence electrons. The van der Waals surface area contributed by atoms with Crippen LogP contribution in [-0.2, 0) is 11.3 Å². The first-order valence-electron chi connectivity index (χ1n) is 5.61. The Balaban J connectivity index is 2.08. The predicted octanol–water partition coefficient (Wildman–Crippen LogP) is 0.777. The van der Waals surface area contributed by atoms with Gasteiger partial charge in [0, 0.05) is 37.3 Å². The van der Waals surface area contributed by atoms with Gasteiger partial charge in [0.05, 0.1) is 0 Å². The van der Waals surface area contributed by atoms with E-state index >= 15 is 0 Å². The van der Waals surface area contributed by atoms with Crippen LogP contribution in [0.5, 0.6) is 0 Å². The van der Waals surface area contributed by atoms with Crippen LogP contribution in [0.4, 0.5) is 0 Å². The third-order valence-electron chi connectivity index (χ3n) is 3.34. The summed E-state index contributed by atoms with van der Waals surface area (Å²) in [7, 11) is 0. The molecule has 2 heterocycles. The molecule has 4 nitrogen and oxygen atoms in total. The molecular formula is C12H17N3O. The van der Waals surface area contributed by atoms with Gasteiger partial charge in [0.1, 0.15) is 0 Å². The highest BCUT2D eigenvalue weighted by molar-refractivity contribution is 5.79. The predicted molar refractivity (Wildman–Crippen MR) is 61.4 cm³/mol. The fraction of sp³-hybridized carbons (Fsp3) is 0.500. The fourth-order valence-electron chi connectivity index (χ4n) is 2.19. The minimum atomic E-state index is 0.208. The van der Waals surface area contributed by atoms with Crippen LogP contribution < -0.4 is 5.73 Å². The Morgan fingerprint density at radius 3 is 2.75 bits per heavy atom. The van der Waals surface area contributed by atoms with Gasteiger partial charge in [-0.25, -0.2) is 0 Å². The summed E-state index contributed by atoms with van der Waals surface area (Å²) >= 11 is 0. The van der Waals surface area contributed by atoms with Crippen molar-refractivity contribution in [2.75, 3.05) is 6.54 Å². The number of nitrogens with two attached hydrogens (primary N) is 1. The van der Waals surface area contributed by atoms with Crippen molar-refractivity contribution >= 4 is 5.91 Å². The standard InChI is InChI=1S/C12H17N3O/c1-9-11(7-13)6-12(16)15(9)8-10-2-4-14-5-3-10/h2-5,9,11H,6-8,13H2,1H3. The maximum absolute atomic E-state index is 11.8. The molecule has 4 heteroatoms. The maximum atomic E-state index is 11.8. The molecule has 1 aromatic rings. The number of carbonyl (C=O) groups excluding carboxylic acids is 1. The summed E-state index contributed by atoms with van der Waals surface area (Å²) in [4.78, 5) is 17.7. The number of hydrogen-bond donors (Lipinski definition) is 1. The Bertz CT molecular complexity index is 366. The molecule has 16 heavy (non-hydrogen) atoms. The zero-order valence-electron chi connectivity index (χ0n) is 9.47. The van der Waals surface area contributed by atoms with Gasteiger partial charge in [-0.1, -0.05) is 0 Å². The third-order valence-corrected chi connectivity index (χ3v) is 3.34. The smallest absolute Gasteiger partial charge is 0.223 e. The minimum Gasteiger partial charge on any atom is -0.335 e. The number of pyridine rings is 1. The molecule has 1 aliphatic rings. The molecule has 1 aliphatic heterocycles. The number of carbonyl (C=O) groups is 1. The Hall–Kier alpha value is -1.42. The van der Waals surface area contributed by atoms with Gasteiger partial charge in [-0.15, -0.1) is 0 Å². The summed E-state index contributed by atoms with van der Waals surface area (Å²) < 4.78 is 0. The zero-order chi connectivity index (χ0) is 11.5. The minimum absolute atomic E-state index is 0.208. The highest BCUT2D eigenvalue weighted by atomic mass is 16.2. The number of nitrogens with zero attached hydrogens (tertiary/aromatic N) is 2. The third kappa shape index (κ3) is 2.07. The summed E-state index contributed by atoms with van der Waals surface area (Å²) in [5, 5.41) is 0. The molecule has 1 saturated heterocycles. The van der Waals surface area contributed by atoms with Crippen molar-refractivity contribution in [2.24, 2.45) is 11.7 Å². The molecule has 1 fully saturated rings. The Labute approximate surface area is 95.5 Å². The van der Waals surface area contributed by atoms with Crippen molar-refractivity contribution < 1.29 is 4.79 Å². The van der Waals surface area contributed by atoms with Gasteiger partial charge in [0.15, 0.2) is 0 Å². The van der Waals surface area contributed by atoms with Gasteiger partial charge >= 0.3 is 0 Å².